The lowest BCUT2D eigenvalue weighted by molar-refractivity contribution is 0.0735. The summed E-state index contributed by atoms with van der Waals surface area (Å²) in [5.41, 5.74) is 0.172. The number of fused-ring (bicyclic) bond motifs is 2. The lowest BCUT2D eigenvalue weighted by Crippen LogP contribution is -2.26. The zero-order chi connectivity index (χ0) is 26.1. The predicted octanol–water partition coefficient (Wildman–Crippen LogP) is 8.40. The summed E-state index contributed by atoms with van der Waals surface area (Å²) in [6, 6.07) is 22.7. The van der Waals surface area contributed by atoms with Crippen molar-refractivity contribution in [1.82, 2.24) is 0 Å². The fourth-order valence-electron chi connectivity index (χ4n) is 3.98. The Kier molecular flexibility index (Phi) is 6.90. The molecule has 0 unspecified atom stereocenters. The van der Waals surface area contributed by atoms with Gasteiger partial charge < -0.3 is 9.47 Å². The lowest BCUT2D eigenvalue weighted by Gasteiger charge is -2.25. The molecular formula is C32H34O4. The van der Waals surface area contributed by atoms with E-state index in [4.69, 9.17) is 9.47 Å². The zero-order valence-corrected chi connectivity index (χ0v) is 22.0. The number of Topliss-reactive ketones (excluding diaryl/α,β-unsaturated/α-hetero) is 1. The molecule has 0 N–H and O–H groups in total. The van der Waals surface area contributed by atoms with E-state index in [0.717, 1.165) is 40.1 Å². The topological polar surface area (TPSA) is 52.6 Å². The highest BCUT2D eigenvalue weighted by atomic mass is 16.5. The summed E-state index contributed by atoms with van der Waals surface area (Å²) in [7, 11) is 0. The molecule has 0 radical (unpaired) electrons. The minimum absolute atomic E-state index is 0.0176. The number of carbonyl (C=O) groups is 2. The quantitative estimate of drug-likeness (QED) is 0.109. The Morgan fingerprint density at radius 3 is 1.86 bits per heavy atom. The van der Waals surface area contributed by atoms with Gasteiger partial charge in [0.25, 0.3) is 0 Å². The Morgan fingerprint density at radius 1 is 0.667 bits per heavy atom. The van der Waals surface area contributed by atoms with Crippen LogP contribution in [0.4, 0.5) is 0 Å². The Hall–Kier alpha value is -3.66. The third kappa shape index (κ3) is 5.43. The average molecular weight is 483 g/mol. The molecule has 0 amide bonds. The monoisotopic (exact) mass is 482 g/mol. The van der Waals surface area contributed by atoms with Crippen LogP contribution >= 0.6 is 0 Å². The summed E-state index contributed by atoms with van der Waals surface area (Å²) >= 11 is 0. The van der Waals surface area contributed by atoms with Gasteiger partial charge in [-0.2, -0.15) is 0 Å². The Morgan fingerprint density at radius 2 is 1.25 bits per heavy atom. The van der Waals surface area contributed by atoms with Gasteiger partial charge in [-0.15, -0.1) is 0 Å². The number of benzene rings is 4. The second-order valence-electron chi connectivity index (χ2n) is 10.6. The molecule has 4 nitrogen and oxygen atoms in total. The first-order valence-corrected chi connectivity index (χ1v) is 12.5. The third-order valence-corrected chi connectivity index (χ3v) is 7.05. The van der Waals surface area contributed by atoms with Gasteiger partial charge in [0.15, 0.2) is 5.78 Å². The first kappa shape index (κ1) is 25.4. The molecule has 0 fully saturated rings. The number of esters is 1. The van der Waals surface area contributed by atoms with Crippen molar-refractivity contribution in [2.45, 2.75) is 60.0 Å². The molecule has 0 aromatic heterocycles. The number of ketones is 1. The van der Waals surface area contributed by atoms with Gasteiger partial charge in [0.2, 0.25) is 0 Å². The minimum atomic E-state index is -0.487. The van der Waals surface area contributed by atoms with Crippen molar-refractivity contribution in [2.75, 3.05) is 0 Å². The maximum atomic E-state index is 12.9. The highest BCUT2D eigenvalue weighted by molar-refractivity contribution is 6.03. The maximum Gasteiger partial charge on any atom is 0.343 e. The lowest BCUT2D eigenvalue weighted by atomic mass is 9.82. The van der Waals surface area contributed by atoms with Crippen LogP contribution in [-0.4, -0.2) is 17.4 Å². The SMILES string of the molecule is CCC(C)(C)Oc1ccc2cc3cc(OC(=O)c4cccc(C(=O)C(C)(C)CC)c4)ccc3cc2c1. The molecule has 36 heavy (non-hydrogen) atoms. The van der Waals surface area contributed by atoms with Gasteiger partial charge in [-0.25, -0.2) is 4.79 Å². The Labute approximate surface area is 213 Å². The summed E-state index contributed by atoms with van der Waals surface area (Å²) in [5.74, 6) is 0.841. The van der Waals surface area contributed by atoms with E-state index in [1.54, 1.807) is 30.3 Å². The number of carbonyl (C=O) groups excluding carboxylic acids is 2. The first-order chi connectivity index (χ1) is 17.0. The Balaban J connectivity index is 1.57. The largest absolute Gasteiger partial charge is 0.488 e. The highest BCUT2D eigenvalue weighted by Gasteiger charge is 2.27. The molecule has 0 bridgehead atoms. The second kappa shape index (κ2) is 9.77. The van der Waals surface area contributed by atoms with Crippen molar-refractivity contribution in [2.24, 2.45) is 5.41 Å². The van der Waals surface area contributed by atoms with Crippen LogP contribution in [0.2, 0.25) is 0 Å². The summed E-state index contributed by atoms with van der Waals surface area (Å²) < 4.78 is 11.8. The molecule has 0 spiro atoms. The third-order valence-electron chi connectivity index (χ3n) is 7.05. The van der Waals surface area contributed by atoms with Gasteiger partial charge in [-0.05, 0) is 96.8 Å². The normalized spacial score (nSPS) is 12.1. The highest BCUT2D eigenvalue weighted by Crippen LogP contribution is 2.31. The number of ether oxygens (including phenoxy) is 2. The summed E-state index contributed by atoms with van der Waals surface area (Å²) in [5, 5.41) is 4.19. The van der Waals surface area contributed by atoms with E-state index >= 15 is 0 Å². The van der Waals surface area contributed by atoms with Gasteiger partial charge >= 0.3 is 5.97 Å². The molecule has 0 heterocycles. The van der Waals surface area contributed by atoms with E-state index in [9.17, 15) is 9.59 Å². The number of hydrogen-bond donors (Lipinski definition) is 0. The average Bonchev–Trinajstić information content (AvgIpc) is 2.86. The van der Waals surface area contributed by atoms with E-state index in [1.807, 2.05) is 39.0 Å². The molecule has 186 valence electrons. The number of hydrogen-bond acceptors (Lipinski definition) is 4. The predicted molar refractivity (Wildman–Crippen MR) is 146 cm³/mol. The fraction of sp³-hybridized carbons (Fsp3) is 0.312. The molecular weight excluding hydrogens is 448 g/mol. The molecule has 4 aromatic rings. The van der Waals surface area contributed by atoms with Crippen LogP contribution in [0.3, 0.4) is 0 Å². The van der Waals surface area contributed by atoms with Crippen molar-refractivity contribution in [3.63, 3.8) is 0 Å². The smallest absolute Gasteiger partial charge is 0.343 e. The van der Waals surface area contributed by atoms with E-state index in [0.29, 0.717) is 16.9 Å². The van der Waals surface area contributed by atoms with E-state index in [1.165, 1.54) is 0 Å². The summed E-state index contributed by atoms with van der Waals surface area (Å²) in [6.07, 6.45) is 1.64. The number of rotatable bonds is 8. The standard InChI is InChI=1S/C32H34O4/c1-7-31(3,4)29(33)23-10-9-11-24(18-23)30(34)35-27-14-12-21-17-26-20-28(36-32(5,6)8-2)15-13-22(26)16-25(21)19-27/h9-20H,7-8H2,1-6H3. The van der Waals surface area contributed by atoms with E-state index in [-0.39, 0.29) is 11.4 Å². The van der Waals surface area contributed by atoms with Gasteiger partial charge in [-0.1, -0.05) is 52.0 Å². The van der Waals surface area contributed by atoms with Crippen LogP contribution in [0, 0.1) is 5.41 Å². The van der Waals surface area contributed by atoms with Crippen molar-refractivity contribution in [3.05, 3.63) is 83.9 Å². The van der Waals surface area contributed by atoms with Crippen LogP contribution < -0.4 is 9.47 Å². The summed E-state index contributed by atoms with van der Waals surface area (Å²) in [4.78, 5) is 25.7. The molecule has 0 aliphatic carbocycles. The van der Waals surface area contributed by atoms with Crippen LogP contribution in [0.5, 0.6) is 11.5 Å². The van der Waals surface area contributed by atoms with Gasteiger partial charge in [0.05, 0.1) is 5.56 Å². The first-order valence-electron chi connectivity index (χ1n) is 12.5. The van der Waals surface area contributed by atoms with Gasteiger partial charge in [0.1, 0.15) is 17.1 Å². The fourth-order valence-corrected chi connectivity index (χ4v) is 3.98. The van der Waals surface area contributed by atoms with Crippen LogP contribution in [-0.2, 0) is 0 Å². The maximum absolute atomic E-state index is 12.9. The minimum Gasteiger partial charge on any atom is -0.488 e. The molecule has 4 aromatic carbocycles. The van der Waals surface area contributed by atoms with E-state index in [2.05, 4.69) is 45.0 Å². The summed E-state index contributed by atoms with van der Waals surface area (Å²) in [6.45, 7) is 12.1. The van der Waals surface area contributed by atoms with Gasteiger partial charge in [-0.3, -0.25) is 4.79 Å². The van der Waals surface area contributed by atoms with Crippen molar-refractivity contribution in [1.29, 1.82) is 0 Å². The molecule has 0 saturated carbocycles. The van der Waals surface area contributed by atoms with Crippen LogP contribution in [0.1, 0.15) is 75.1 Å². The van der Waals surface area contributed by atoms with Crippen molar-refractivity contribution < 1.29 is 19.1 Å². The second-order valence-corrected chi connectivity index (χ2v) is 10.6. The molecule has 0 saturated heterocycles. The zero-order valence-electron chi connectivity index (χ0n) is 22.0. The van der Waals surface area contributed by atoms with Crippen molar-refractivity contribution >= 4 is 33.3 Å². The molecule has 4 rings (SSSR count). The molecule has 4 heteroatoms. The van der Waals surface area contributed by atoms with Gasteiger partial charge in [0, 0.05) is 11.0 Å². The van der Waals surface area contributed by atoms with E-state index < -0.39 is 11.4 Å². The molecule has 0 atom stereocenters. The van der Waals surface area contributed by atoms with Crippen molar-refractivity contribution in [3.8, 4) is 11.5 Å². The van der Waals surface area contributed by atoms with Crippen LogP contribution in [0.25, 0.3) is 21.5 Å². The molecule has 0 aliphatic heterocycles. The Bertz CT molecular complexity index is 1450. The van der Waals surface area contributed by atoms with Crippen LogP contribution in [0.15, 0.2) is 72.8 Å². The molecule has 0 aliphatic rings.